The third-order valence-corrected chi connectivity index (χ3v) is 5.55. The van der Waals surface area contributed by atoms with Gasteiger partial charge in [-0.1, -0.05) is 6.92 Å². The maximum Gasteiger partial charge on any atom is 0.0758 e. The van der Waals surface area contributed by atoms with Gasteiger partial charge in [0, 0.05) is 18.6 Å². The van der Waals surface area contributed by atoms with Gasteiger partial charge >= 0.3 is 0 Å². The number of nitrogens with two attached hydrogens (primary N) is 1. The molecule has 1 aromatic rings. The van der Waals surface area contributed by atoms with Crippen LogP contribution in [0, 0.1) is 5.92 Å². The van der Waals surface area contributed by atoms with E-state index < -0.39 is 0 Å². The van der Waals surface area contributed by atoms with E-state index in [1.165, 1.54) is 5.56 Å². The predicted molar refractivity (Wildman–Crippen MR) is 74.8 cm³/mol. The highest BCUT2D eigenvalue weighted by atomic mass is 79.9. The molecule has 2 heterocycles. The van der Waals surface area contributed by atoms with Crippen LogP contribution in [-0.4, -0.2) is 12.7 Å². The maximum absolute atomic E-state index is 6.36. The van der Waals surface area contributed by atoms with E-state index in [1.54, 1.807) is 11.3 Å². The summed E-state index contributed by atoms with van der Waals surface area (Å²) in [5.41, 5.74) is 7.56. The molecule has 2 rings (SSSR count). The van der Waals surface area contributed by atoms with Crippen LogP contribution in [0.1, 0.15) is 31.4 Å². The Balaban J connectivity index is 2.18. The Kier molecular flexibility index (Phi) is 4.46. The van der Waals surface area contributed by atoms with Crippen molar-refractivity contribution in [2.75, 3.05) is 6.61 Å². The maximum atomic E-state index is 6.36. The Hall–Kier alpha value is 0.580. The zero-order valence-corrected chi connectivity index (χ0v) is 13.1. The molecule has 2 nitrogen and oxygen atoms in total. The van der Waals surface area contributed by atoms with Crippen molar-refractivity contribution in [3.05, 3.63) is 19.2 Å². The van der Waals surface area contributed by atoms with Crippen molar-refractivity contribution in [2.24, 2.45) is 11.7 Å². The normalized spacial score (nSPS) is 27.2. The number of ether oxygens (including phenoxy) is 1. The molecular weight excluding hydrogens is 354 g/mol. The summed E-state index contributed by atoms with van der Waals surface area (Å²) in [6.07, 6.45) is 2.43. The van der Waals surface area contributed by atoms with Gasteiger partial charge in [0.05, 0.1) is 13.7 Å². The molecule has 1 aliphatic rings. The fourth-order valence-corrected chi connectivity index (χ4v) is 5.26. The molecule has 90 valence electrons. The Morgan fingerprint density at radius 1 is 1.62 bits per heavy atom. The molecule has 0 saturated carbocycles. The molecule has 2 N–H and O–H groups in total. The number of hydrogen-bond acceptors (Lipinski definition) is 3. The van der Waals surface area contributed by atoms with Gasteiger partial charge in [-0.05, 0) is 56.3 Å². The standard InChI is InChI=1S/C11H15Br2NOS/c1-2-8-6(3-4-15-8)10(14)7-5-9(12)16-11(7)13/h5-6,8,10H,2-4,14H2,1H3. The van der Waals surface area contributed by atoms with Gasteiger partial charge in [-0.15, -0.1) is 11.3 Å². The van der Waals surface area contributed by atoms with Crippen LogP contribution >= 0.6 is 43.2 Å². The van der Waals surface area contributed by atoms with Crippen LogP contribution in [0.4, 0.5) is 0 Å². The topological polar surface area (TPSA) is 35.2 Å². The van der Waals surface area contributed by atoms with Gasteiger partial charge in [0.1, 0.15) is 0 Å². The highest BCUT2D eigenvalue weighted by Gasteiger charge is 2.33. The smallest absolute Gasteiger partial charge is 0.0758 e. The van der Waals surface area contributed by atoms with Crippen LogP contribution < -0.4 is 5.73 Å². The zero-order valence-electron chi connectivity index (χ0n) is 9.08. The highest BCUT2D eigenvalue weighted by molar-refractivity contribution is 9.12. The second-order valence-corrected chi connectivity index (χ2v) is 7.82. The van der Waals surface area contributed by atoms with Crippen molar-refractivity contribution in [1.82, 2.24) is 0 Å². The molecule has 0 radical (unpaired) electrons. The van der Waals surface area contributed by atoms with Crippen LogP contribution in [0.15, 0.2) is 13.6 Å². The van der Waals surface area contributed by atoms with Gasteiger partial charge in [0.2, 0.25) is 0 Å². The monoisotopic (exact) mass is 367 g/mol. The summed E-state index contributed by atoms with van der Waals surface area (Å²) >= 11 is 8.75. The molecule has 0 aliphatic carbocycles. The van der Waals surface area contributed by atoms with Gasteiger partial charge in [0.25, 0.3) is 0 Å². The molecule has 0 spiro atoms. The minimum Gasteiger partial charge on any atom is -0.378 e. The van der Waals surface area contributed by atoms with Crippen molar-refractivity contribution in [1.29, 1.82) is 0 Å². The summed E-state index contributed by atoms with van der Waals surface area (Å²) < 4.78 is 7.96. The second kappa shape index (κ2) is 5.48. The Labute approximate surface area is 117 Å². The lowest BCUT2D eigenvalue weighted by Gasteiger charge is -2.23. The summed E-state index contributed by atoms with van der Waals surface area (Å²) in [6.45, 7) is 3.01. The number of halogens is 2. The number of hydrogen-bond donors (Lipinski definition) is 1. The van der Waals surface area contributed by atoms with E-state index in [0.717, 1.165) is 27.0 Å². The van der Waals surface area contributed by atoms with E-state index in [1.807, 2.05) is 0 Å². The lowest BCUT2D eigenvalue weighted by molar-refractivity contribution is 0.0813. The van der Waals surface area contributed by atoms with E-state index in [0.29, 0.717) is 12.0 Å². The van der Waals surface area contributed by atoms with Crippen molar-refractivity contribution >= 4 is 43.2 Å². The Bertz CT molecular complexity index is 369. The first kappa shape index (κ1) is 13.0. The molecule has 1 aromatic heterocycles. The molecule has 0 amide bonds. The third-order valence-electron chi connectivity index (χ3n) is 3.17. The second-order valence-electron chi connectivity index (χ2n) is 4.08. The minimum absolute atomic E-state index is 0.0735. The average Bonchev–Trinajstić information content (AvgIpc) is 2.83. The average molecular weight is 369 g/mol. The van der Waals surface area contributed by atoms with Gasteiger partial charge in [-0.3, -0.25) is 0 Å². The van der Waals surface area contributed by atoms with E-state index in [2.05, 4.69) is 44.8 Å². The third kappa shape index (κ3) is 2.53. The van der Waals surface area contributed by atoms with Crippen molar-refractivity contribution in [3.63, 3.8) is 0 Å². The molecule has 1 fully saturated rings. The molecule has 16 heavy (non-hydrogen) atoms. The van der Waals surface area contributed by atoms with E-state index in [4.69, 9.17) is 10.5 Å². The molecule has 0 aromatic carbocycles. The van der Waals surface area contributed by atoms with Crippen LogP contribution in [0.3, 0.4) is 0 Å². The zero-order chi connectivity index (χ0) is 11.7. The first-order chi connectivity index (χ1) is 7.63. The lowest BCUT2D eigenvalue weighted by atomic mass is 9.88. The minimum atomic E-state index is 0.0735. The largest absolute Gasteiger partial charge is 0.378 e. The van der Waals surface area contributed by atoms with Gasteiger partial charge in [-0.2, -0.15) is 0 Å². The SMILES string of the molecule is CCC1OCCC1C(N)c1cc(Br)sc1Br. The Morgan fingerprint density at radius 3 is 2.94 bits per heavy atom. The van der Waals surface area contributed by atoms with Crippen LogP contribution in [0.5, 0.6) is 0 Å². The van der Waals surface area contributed by atoms with Crippen LogP contribution in [0.2, 0.25) is 0 Å². The van der Waals surface area contributed by atoms with Crippen molar-refractivity contribution in [3.8, 4) is 0 Å². The Morgan fingerprint density at radius 2 is 2.38 bits per heavy atom. The first-order valence-electron chi connectivity index (χ1n) is 5.45. The molecule has 0 bridgehead atoms. The lowest BCUT2D eigenvalue weighted by Crippen LogP contribution is -2.27. The van der Waals surface area contributed by atoms with Crippen LogP contribution in [-0.2, 0) is 4.74 Å². The van der Waals surface area contributed by atoms with Crippen molar-refractivity contribution in [2.45, 2.75) is 31.9 Å². The molecule has 1 saturated heterocycles. The molecule has 3 atom stereocenters. The molecule has 3 unspecified atom stereocenters. The van der Waals surface area contributed by atoms with Crippen LogP contribution in [0.25, 0.3) is 0 Å². The first-order valence-corrected chi connectivity index (χ1v) is 7.85. The summed E-state index contributed by atoms with van der Waals surface area (Å²) in [6, 6.07) is 2.19. The summed E-state index contributed by atoms with van der Waals surface area (Å²) in [5.74, 6) is 0.447. The fourth-order valence-electron chi connectivity index (χ4n) is 2.31. The molecular formula is C11H15Br2NOS. The summed E-state index contributed by atoms with van der Waals surface area (Å²) in [4.78, 5) is 0. The van der Waals surface area contributed by atoms with E-state index in [-0.39, 0.29) is 6.04 Å². The predicted octanol–water partition coefficient (Wildman–Crippen LogP) is 4.09. The molecule has 5 heteroatoms. The van der Waals surface area contributed by atoms with E-state index in [9.17, 15) is 0 Å². The van der Waals surface area contributed by atoms with Crippen molar-refractivity contribution < 1.29 is 4.74 Å². The summed E-state index contributed by atoms with van der Waals surface area (Å²) in [7, 11) is 0. The van der Waals surface area contributed by atoms with Gasteiger partial charge in [0.15, 0.2) is 0 Å². The summed E-state index contributed by atoms with van der Waals surface area (Å²) in [5, 5.41) is 0. The van der Waals surface area contributed by atoms with E-state index >= 15 is 0 Å². The fraction of sp³-hybridized carbons (Fsp3) is 0.636. The highest BCUT2D eigenvalue weighted by Crippen LogP contribution is 2.40. The number of rotatable bonds is 3. The van der Waals surface area contributed by atoms with Gasteiger partial charge < -0.3 is 10.5 Å². The number of thiophene rings is 1. The quantitative estimate of drug-likeness (QED) is 0.871. The van der Waals surface area contributed by atoms with Gasteiger partial charge in [-0.25, -0.2) is 0 Å². The molecule has 1 aliphatic heterocycles.